The van der Waals surface area contributed by atoms with Gasteiger partial charge in [-0.05, 0) is 24.3 Å². The molecule has 1 unspecified atom stereocenters. The number of benzene rings is 2. The highest BCUT2D eigenvalue weighted by molar-refractivity contribution is 7.56. The summed E-state index contributed by atoms with van der Waals surface area (Å²) in [5, 5.41) is 2.77. The average molecular weight is 247 g/mol. The second kappa shape index (κ2) is 3.82. The predicted molar refractivity (Wildman–Crippen MR) is 65.4 cm³/mol. The van der Waals surface area contributed by atoms with Crippen LogP contribution >= 0.6 is 7.75 Å². The van der Waals surface area contributed by atoms with E-state index in [-0.39, 0.29) is 0 Å². The van der Waals surface area contributed by atoms with Crippen molar-refractivity contribution in [2.24, 2.45) is 0 Å². The van der Waals surface area contributed by atoms with Gasteiger partial charge in [0.2, 0.25) is 0 Å². The van der Waals surface area contributed by atoms with Gasteiger partial charge in [-0.15, -0.1) is 0 Å². The monoisotopic (exact) mass is 247 g/mol. The Labute approximate surface area is 98.8 Å². The van der Waals surface area contributed by atoms with Crippen molar-refractivity contribution >= 4 is 13.4 Å². The topological polar surface area (TPSA) is 47.6 Å². The molecule has 1 atom stereocenters. The molecule has 2 aromatic rings. The molecule has 0 aromatic heterocycles. The van der Waals surface area contributed by atoms with Crippen LogP contribution in [-0.4, -0.2) is 0 Å². The molecule has 0 bridgehead atoms. The first kappa shape index (κ1) is 10.2. The van der Waals surface area contributed by atoms with E-state index in [2.05, 4.69) is 5.09 Å². The maximum atomic E-state index is 12.3. The van der Waals surface area contributed by atoms with Crippen LogP contribution in [0, 0.1) is 0 Å². The number of nitrogens with one attached hydrogen (secondary N) is 1. The summed E-state index contributed by atoms with van der Waals surface area (Å²) in [5.41, 5.74) is 0.687. The lowest BCUT2D eigenvalue weighted by Gasteiger charge is -2.12. The van der Waals surface area contributed by atoms with E-state index in [1.54, 1.807) is 24.3 Å². The second-order valence-corrected chi connectivity index (χ2v) is 5.18. The fourth-order valence-electron chi connectivity index (χ4n) is 1.60. The molecule has 0 saturated heterocycles. The van der Waals surface area contributed by atoms with Crippen LogP contribution in [0.2, 0.25) is 0 Å². The van der Waals surface area contributed by atoms with Gasteiger partial charge in [-0.1, -0.05) is 30.3 Å². The summed E-state index contributed by atoms with van der Waals surface area (Å²) in [6.45, 7) is 0. The Morgan fingerprint density at radius 2 is 1.71 bits per heavy atom. The third kappa shape index (κ3) is 1.99. The Hall–Kier alpha value is -1.93. The number of hydrogen-bond donors (Lipinski definition) is 1. The molecule has 1 N–H and O–H groups in total. The Kier molecular flexibility index (Phi) is 2.30. The van der Waals surface area contributed by atoms with E-state index in [9.17, 15) is 4.57 Å². The average Bonchev–Trinajstić information content (AvgIpc) is 2.66. The lowest BCUT2D eigenvalue weighted by Crippen LogP contribution is -2.02. The van der Waals surface area contributed by atoms with Gasteiger partial charge >= 0.3 is 7.75 Å². The van der Waals surface area contributed by atoms with E-state index >= 15 is 0 Å². The third-order valence-corrected chi connectivity index (χ3v) is 3.73. The van der Waals surface area contributed by atoms with Crippen molar-refractivity contribution in [3.8, 4) is 11.5 Å². The molecule has 0 aliphatic carbocycles. The molecular formula is C12H10NO3P. The first-order valence-electron chi connectivity index (χ1n) is 5.17. The standard InChI is InChI=1S/C12H10NO3P/c14-17(15-10-6-2-1-3-7-10)13-11-8-4-5-9-12(11)16-17/h1-9H,(H,13,14). The van der Waals surface area contributed by atoms with Gasteiger partial charge in [0.1, 0.15) is 5.75 Å². The molecule has 1 aliphatic rings. The molecule has 0 fully saturated rings. The number of hydrogen-bond acceptors (Lipinski definition) is 3. The van der Waals surface area contributed by atoms with Gasteiger partial charge in [0.15, 0.2) is 5.75 Å². The van der Waals surface area contributed by atoms with Crippen molar-refractivity contribution in [2.45, 2.75) is 0 Å². The molecule has 0 saturated carbocycles. The zero-order valence-electron chi connectivity index (χ0n) is 8.87. The van der Waals surface area contributed by atoms with Crippen molar-refractivity contribution in [3.05, 3.63) is 54.6 Å². The van der Waals surface area contributed by atoms with Gasteiger partial charge in [-0.25, -0.2) is 4.57 Å². The Bertz CT molecular complexity index is 556. The number of anilines is 1. The quantitative estimate of drug-likeness (QED) is 0.822. The van der Waals surface area contributed by atoms with Crippen LogP contribution in [0.25, 0.3) is 0 Å². The predicted octanol–water partition coefficient (Wildman–Crippen LogP) is 3.68. The zero-order valence-corrected chi connectivity index (χ0v) is 9.76. The zero-order chi connectivity index (χ0) is 11.7. The molecule has 2 aromatic carbocycles. The normalized spacial score (nSPS) is 21.2. The summed E-state index contributed by atoms with van der Waals surface area (Å²) in [7, 11) is -3.32. The van der Waals surface area contributed by atoms with Crippen LogP contribution in [0.1, 0.15) is 0 Å². The van der Waals surface area contributed by atoms with Gasteiger partial charge in [-0.3, -0.25) is 5.09 Å². The first-order valence-corrected chi connectivity index (χ1v) is 6.71. The van der Waals surface area contributed by atoms with E-state index in [1.165, 1.54) is 0 Å². The van der Waals surface area contributed by atoms with E-state index < -0.39 is 7.75 Å². The molecule has 0 spiro atoms. The van der Waals surface area contributed by atoms with Crippen molar-refractivity contribution in [2.75, 3.05) is 5.09 Å². The van der Waals surface area contributed by atoms with Gasteiger partial charge in [0, 0.05) is 0 Å². The van der Waals surface area contributed by atoms with Crippen LogP contribution < -0.4 is 14.1 Å². The van der Waals surface area contributed by atoms with Crippen LogP contribution in [0.3, 0.4) is 0 Å². The molecule has 5 heteroatoms. The molecule has 3 rings (SSSR count). The lowest BCUT2D eigenvalue weighted by molar-refractivity contribution is 0.402. The van der Waals surface area contributed by atoms with Gasteiger partial charge in [0.05, 0.1) is 5.69 Å². The van der Waals surface area contributed by atoms with Crippen LogP contribution in [0.4, 0.5) is 5.69 Å². The van der Waals surface area contributed by atoms with Crippen molar-refractivity contribution in [3.63, 3.8) is 0 Å². The number of rotatable bonds is 2. The minimum Gasteiger partial charge on any atom is -0.400 e. The van der Waals surface area contributed by atoms with E-state index in [0.29, 0.717) is 17.2 Å². The fraction of sp³-hybridized carbons (Fsp3) is 0. The third-order valence-electron chi connectivity index (χ3n) is 2.33. The maximum Gasteiger partial charge on any atom is 0.541 e. The smallest absolute Gasteiger partial charge is 0.400 e. The minimum absolute atomic E-state index is 0.510. The maximum absolute atomic E-state index is 12.3. The summed E-state index contributed by atoms with van der Waals surface area (Å²) >= 11 is 0. The largest absolute Gasteiger partial charge is 0.541 e. The molecular weight excluding hydrogens is 237 g/mol. The molecule has 1 aliphatic heterocycles. The van der Waals surface area contributed by atoms with Crippen molar-refractivity contribution < 1.29 is 13.6 Å². The molecule has 86 valence electrons. The Morgan fingerprint density at radius 3 is 2.47 bits per heavy atom. The minimum atomic E-state index is -3.32. The summed E-state index contributed by atoms with van der Waals surface area (Å²) in [4.78, 5) is 0. The lowest BCUT2D eigenvalue weighted by atomic mass is 10.3. The number of fused-ring (bicyclic) bond motifs is 1. The van der Waals surface area contributed by atoms with E-state index in [0.717, 1.165) is 0 Å². The highest BCUT2D eigenvalue weighted by Gasteiger charge is 2.36. The molecule has 0 radical (unpaired) electrons. The molecule has 17 heavy (non-hydrogen) atoms. The van der Waals surface area contributed by atoms with Crippen LogP contribution in [0.15, 0.2) is 54.6 Å². The van der Waals surface area contributed by atoms with E-state index in [4.69, 9.17) is 9.05 Å². The Balaban J connectivity index is 1.85. The van der Waals surface area contributed by atoms with Gasteiger partial charge in [0.25, 0.3) is 0 Å². The number of para-hydroxylation sites is 3. The summed E-state index contributed by atoms with van der Waals surface area (Å²) < 4.78 is 23.0. The van der Waals surface area contributed by atoms with Crippen LogP contribution in [0.5, 0.6) is 11.5 Å². The van der Waals surface area contributed by atoms with E-state index in [1.807, 2.05) is 30.3 Å². The van der Waals surface area contributed by atoms with Crippen molar-refractivity contribution in [1.82, 2.24) is 0 Å². The summed E-state index contributed by atoms with van der Waals surface area (Å²) in [6, 6.07) is 16.1. The highest BCUT2D eigenvalue weighted by atomic mass is 31.2. The molecule has 4 nitrogen and oxygen atoms in total. The molecule has 0 amide bonds. The molecule has 1 heterocycles. The highest BCUT2D eigenvalue weighted by Crippen LogP contribution is 2.56. The van der Waals surface area contributed by atoms with Gasteiger partial charge < -0.3 is 9.05 Å². The summed E-state index contributed by atoms with van der Waals surface area (Å²) in [6.07, 6.45) is 0. The van der Waals surface area contributed by atoms with Gasteiger partial charge in [-0.2, -0.15) is 0 Å². The fourth-order valence-corrected chi connectivity index (χ4v) is 3.03. The second-order valence-electron chi connectivity index (χ2n) is 3.60. The van der Waals surface area contributed by atoms with Crippen LogP contribution in [-0.2, 0) is 4.57 Å². The summed E-state index contributed by atoms with van der Waals surface area (Å²) in [5.74, 6) is 1.06. The van der Waals surface area contributed by atoms with Crippen molar-refractivity contribution in [1.29, 1.82) is 0 Å². The Morgan fingerprint density at radius 1 is 1.00 bits per heavy atom. The SMILES string of the molecule is O=P1(Oc2ccccc2)Nc2ccccc2O1. The first-order chi connectivity index (χ1) is 8.25.